The summed E-state index contributed by atoms with van der Waals surface area (Å²) in [6, 6.07) is 3.77. The van der Waals surface area contributed by atoms with Gasteiger partial charge >= 0.3 is 5.97 Å². The van der Waals surface area contributed by atoms with E-state index < -0.39 is 16.0 Å². The fourth-order valence-corrected chi connectivity index (χ4v) is 3.15. The van der Waals surface area contributed by atoms with Crippen LogP contribution in [0, 0.1) is 0 Å². The van der Waals surface area contributed by atoms with Crippen LogP contribution >= 0.6 is 11.6 Å². The molecule has 0 radical (unpaired) electrons. The van der Waals surface area contributed by atoms with Crippen LogP contribution in [0.3, 0.4) is 0 Å². The highest BCUT2D eigenvalue weighted by molar-refractivity contribution is 7.89. The van der Waals surface area contributed by atoms with E-state index in [0.717, 1.165) is 44.6 Å². The van der Waals surface area contributed by atoms with Gasteiger partial charge in [-0.15, -0.1) is 0 Å². The van der Waals surface area contributed by atoms with Crippen molar-refractivity contribution >= 4 is 27.6 Å². The molecule has 0 atom stereocenters. The molecule has 2 N–H and O–H groups in total. The average Bonchev–Trinajstić information content (AvgIpc) is 2.66. The van der Waals surface area contributed by atoms with E-state index in [4.69, 9.17) is 21.5 Å². The van der Waals surface area contributed by atoms with Crippen molar-refractivity contribution in [3.05, 3.63) is 28.8 Å². The Morgan fingerprint density at radius 3 is 2.38 bits per heavy atom. The van der Waals surface area contributed by atoms with Gasteiger partial charge in [-0.25, -0.2) is 18.4 Å². The second-order valence-corrected chi connectivity index (χ2v) is 7.17. The molecule has 1 aromatic rings. The summed E-state index contributed by atoms with van der Waals surface area (Å²) in [6.07, 6.45) is 5.89. The standard InChI is InChI=1S/C14H18ClNO4S/c15-13-8-7-11(21(16,18)19)9-12(13)14(17)20-10-5-3-1-2-4-6-10/h7-10H,1-6H2,(H2,16,18,19). The molecule has 0 heterocycles. The van der Waals surface area contributed by atoms with Gasteiger partial charge in [0, 0.05) is 0 Å². The average molecular weight is 332 g/mol. The number of ether oxygens (including phenoxy) is 1. The second kappa shape index (κ2) is 6.77. The summed E-state index contributed by atoms with van der Waals surface area (Å²) in [6.45, 7) is 0. The fourth-order valence-electron chi connectivity index (χ4n) is 2.41. The molecule has 1 aromatic carbocycles. The van der Waals surface area contributed by atoms with Crippen LogP contribution in [0.25, 0.3) is 0 Å². The van der Waals surface area contributed by atoms with Gasteiger partial charge in [-0.3, -0.25) is 0 Å². The van der Waals surface area contributed by atoms with Crippen LogP contribution in [-0.4, -0.2) is 20.5 Å². The molecule has 0 bridgehead atoms. The lowest BCUT2D eigenvalue weighted by molar-refractivity contribution is 0.0267. The molecule has 5 nitrogen and oxygen atoms in total. The maximum Gasteiger partial charge on any atom is 0.339 e. The number of sulfonamides is 1. The number of carbonyl (C=O) groups is 1. The van der Waals surface area contributed by atoms with Crippen molar-refractivity contribution < 1.29 is 17.9 Å². The summed E-state index contributed by atoms with van der Waals surface area (Å²) in [4.78, 5) is 12.0. The van der Waals surface area contributed by atoms with Crippen molar-refractivity contribution in [1.29, 1.82) is 0 Å². The predicted octanol–water partition coefficient (Wildman–Crippen LogP) is 2.87. The van der Waals surface area contributed by atoms with E-state index in [1.165, 1.54) is 12.1 Å². The summed E-state index contributed by atoms with van der Waals surface area (Å²) in [5, 5.41) is 5.21. The van der Waals surface area contributed by atoms with Gasteiger partial charge in [-0.1, -0.05) is 24.4 Å². The van der Waals surface area contributed by atoms with E-state index in [9.17, 15) is 13.2 Å². The van der Waals surface area contributed by atoms with Gasteiger partial charge in [-0.05, 0) is 43.9 Å². The van der Waals surface area contributed by atoms with Gasteiger partial charge < -0.3 is 4.74 Å². The highest BCUT2D eigenvalue weighted by Gasteiger charge is 2.21. The zero-order valence-corrected chi connectivity index (χ0v) is 13.1. The number of hydrogen-bond acceptors (Lipinski definition) is 4. The molecule has 21 heavy (non-hydrogen) atoms. The zero-order valence-electron chi connectivity index (χ0n) is 11.5. The zero-order chi connectivity index (χ0) is 15.5. The summed E-state index contributed by atoms with van der Waals surface area (Å²) >= 11 is 5.95. The molecular weight excluding hydrogens is 314 g/mol. The Labute approximate surface area is 129 Å². The third-order valence-electron chi connectivity index (χ3n) is 3.56. The molecule has 1 aliphatic rings. The summed E-state index contributed by atoms with van der Waals surface area (Å²) in [7, 11) is -3.88. The normalized spacial score (nSPS) is 17.2. The lowest BCUT2D eigenvalue weighted by atomic mass is 10.1. The topological polar surface area (TPSA) is 86.5 Å². The highest BCUT2D eigenvalue weighted by Crippen LogP contribution is 2.24. The number of nitrogens with two attached hydrogens (primary N) is 1. The van der Waals surface area contributed by atoms with Gasteiger partial charge in [0.1, 0.15) is 6.10 Å². The van der Waals surface area contributed by atoms with E-state index in [1.54, 1.807) is 0 Å². The van der Waals surface area contributed by atoms with Crippen molar-refractivity contribution in [3.63, 3.8) is 0 Å². The molecule has 1 saturated carbocycles. The van der Waals surface area contributed by atoms with E-state index in [1.807, 2.05) is 0 Å². The molecular formula is C14H18ClNO4S. The van der Waals surface area contributed by atoms with Gasteiger partial charge in [0.05, 0.1) is 15.5 Å². The molecule has 0 aliphatic heterocycles. The number of benzene rings is 1. The number of carbonyl (C=O) groups excluding carboxylic acids is 1. The van der Waals surface area contributed by atoms with Crippen molar-refractivity contribution in [2.24, 2.45) is 5.14 Å². The molecule has 0 spiro atoms. The highest BCUT2D eigenvalue weighted by atomic mass is 35.5. The van der Waals surface area contributed by atoms with Crippen molar-refractivity contribution in [2.45, 2.75) is 49.5 Å². The summed E-state index contributed by atoms with van der Waals surface area (Å²) in [5.74, 6) is -0.600. The minimum atomic E-state index is -3.88. The quantitative estimate of drug-likeness (QED) is 0.681. The molecule has 7 heteroatoms. The Bertz CT molecular complexity index is 622. The second-order valence-electron chi connectivity index (χ2n) is 5.21. The van der Waals surface area contributed by atoms with Crippen LogP contribution in [-0.2, 0) is 14.8 Å². The van der Waals surface area contributed by atoms with Crippen LogP contribution in [0.2, 0.25) is 5.02 Å². The first kappa shape index (κ1) is 16.3. The Balaban J connectivity index is 2.18. The van der Waals surface area contributed by atoms with Crippen molar-refractivity contribution in [2.75, 3.05) is 0 Å². The van der Waals surface area contributed by atoms with E-state index in [-0.39, 0.29) is 21.6 Å². The number of rotatable bonds is 3. The third kappa shape index (κ3) is 4.43. The number of hydrogen-bond donors (Lipinski definition) is 1. The summed E-state index contributed by atoms with van der Waals surface area (Å²) < 4.78 is 28.1. The molecule has 2 rings (SSSR count). The Morgan fingerprint density at radius 2 is 1.81 bits per heavy atom. The molecule has 116 valence electrons. The molecule has 1 aliphatic carbocycles. The van der Waals surface area contributed by atoms with E-state index in [2.05, 4.69) is 0 Å². The van der Waals surface area contributed by atoms with Gasteiger partial charge in [0.15, 0.2) is 0 Å². The first-order valence-electron chi connectivity index (χ1n) is 6.91. The first-order chi connectivity index (χ1) is 9.88. The first-order valence-corrected chi connectivity index (χ1v) is 8.83. The smallest absolute Gasteiger partial charge is 0.339 e. The maximum absolute atomic E-state index is 12.2. The van der Waals surface area contributed by atoms with Gasteiger partial charge in [-0.2, -0.15) is 0 Å². The van der Waals surface area contributed by atoms with Crippen molar-refractivity contribution in [3.8, 4) is 0 Å². The van der Waals surface area contributed by atoms with E-state index in [0.29, 0.717) is 0 Å². The number of esters is 1. The minimum absolute atomic E-state index is 0.0347. The molecule has 0 amide bonds. The molecule has 0 aromatic heterocycles. The number of halogens is 1. The lowest BCUT2D eigenvalue weighted by Crippen LogP contribution is -2.19. The minimum Gasteiger partial charge on any atom is -0.459 e. The van der Waals surface area contributed by atoms with Gasteiger partial charge in [0.2, 0.25) is 10.0 Å². The molecule has 1 fully saturated rings. The third-order valence-corrected chi connectivity index (χ3v) is 4.80. The Morgan fingerprint density at radius 1 is 1.19 bits per heavy atom. The van der Waals surface area contributed by atoms with Crippen LogP contribution in [0.1, 0.15) is 48.9 Å². The van der Waals surface area contributed by atoms with Crippen LogP contribution in [0.15, 0.2) is 23.1 Å². The van der Waals surface area contributed by atoms with Crippen LogP contribution in [0.5, 0.6) is 0 Å². The van der Waals surface area contributed by atoms with E-state index >= 15 is 0 Å². The van der Waals surface area contributed by atoms with Crippen molar-refractivity contribution in [1.82, 2.24) is 0 Å². The fraction of sp³-hybridized carbons (Fsp3) is 0.500. The Kier molecular flexibility index (Phi) is 5.24. The monoisotopic (exact) mass is 331 g/mol. The molecule has 0 saturated heterocycles. The Hall–Kier alpha value is -1.11. The SMILES string of the molecule is NS(=O)(=O)c1ccc(Cl)c(C(=O)OC2CCCCCC2)c1. The largest absolute Gasteiger partial charge is 0.459 e. The summed E-state index contributed by atoms with van der Waals surface area (Å²) in [5.41, 5.74) is 0.0347. The predicted molar refractivity (Wildman–Crippen MR) is 79.7 cm³/mol. The molecule has 0 unspecified atom stereocenters. The van der Waals surface area contributed by atoms with Crippen LogP contribution in [0.4, 0.5) is 0 Å². The maximum atomic E-state index is 12.2. The van der Waals surface area contributed by atoms with Crippen LogP contribution < -0.4 is 5.14 Å². The number of primary sulfonamides is 1. The lowest BCUT2D eigenvalue weighted by Gasteiger charge is -2.16. The van der Waals surface area contributed by atoms with Gasteiger partial charge in [0.25, 0.3) is 0 Å².